The Morgan fingerprint density at radius 2 is 1.88 bits per heavy atom. The third kappa shape index (κ3) is 4.23. The SMILES string of the molecule is N[C@H](C(=O)N1C[C@H]2CCCN2CC1C(=O)N[C@@H]1CCOc2ccccc21)C1CCOCC1. The first-order valence-corrected chi connectivity index (χ1v) is 12.0. The first-order valence-electron chi connectivity index (χ1n) is 12.0. The van der Waals surface area contributed by atoms with Gasteiger partial charge in [-0.05, 0) is 44.2 Å². The van der Waals surface area contributed by atoms with E-state index < -0.39 is 12.1 Å². The summed E-state index contributed by atoms with van der Waals surface area (Å²) in [7, 11) is 0. The fourth-order valence-electron chi connectivity index (χ4n) is 5.71. The Kier molecular flexibility index (Phi) is 6.35. The summed E-state index contributed by atoms with van der Waals surface area (Å²) in [6.07, 6.45) is 4.49. The number of piperazine rings is 1. The molecule has 0 radical (unpaired) electrons. The predicted octanol–water partition coefficient (Wildman–Crippen LogP) is 1.06. The second-order valence-corrected chi connectivity index (χ2v) is 9.51. The minimum Gasteiger partial charge on any atom is -0.493 e. The molecular weight excluding hydrogens is 408 g/mol. The summed E-state index contributed by atoms with van der Waals surface area (Å²) in [6, 6.07) is 6.97. The number of nitrogens with two attached hydrogens (primary N) is 1. The molecule has 0 aliphatic carbocycles. The van der Waals surface area contributed by atoms with Crippen LogP contribution in [-0.2, 0) is 14.3 Å². The molecule has 0 bridgehead atoms. The number of carbonyl (C=O) groups excluding carboxylic acids is 2. The van der Waals surface area contributed by atoms with E-state index in [0.717, 1.165) is 50.0 Å². The van der Waals surface area contributed by atoms with Crippen LogP contribution >= 0.6 is 0 Å². The molecule has 3 N–H and O–H groups in total. The number of hydrogen-bond donors (Lipinski definition) is 2. The molecule has 8 heteroatoms. The van der Waals surface area contributed by atoms with Crippen LogP contribution in [0.5, 0.6) is 5.75 Å². The van der Waals surface area contributed by atoms with Gasteiger partial charge in [-0.2, -0.15) is 0 Å². The van der Waals surface area contributed by atoms with Crippen molar-refractivity contribution in [2.24, 2.45) is 11.7 Å². The van der Waals surface area contributed by atoms with Crippen LogP contribution in [0.2, 0.25) is 0 Å². The van der Waals surface area contributed by atoms with Gasteiger partial charge in [0.15, 0.2) is 0 Å². The van der Waals surface area contributed by atoms with Gasteiger partial charge in [-0.15, -0.1) is 0 Å². The van der Waals surface area contributed by atoms with Crippen LogP contribution in [0.15, 0.2) is 24.3 Å². The lowest BCUT2D eigenvalue weighted by atomic mass is 9.90. The molecule has 4 aliphatic rings. The van der Waals surface area contributed by atoms with E-state index in [2.05, 4.69) is 10.2 Å². The highest BCUT2D eigenvalue weighted by Crippen LogP contribution is 2.32. The largest absolute Gasteiger partial charge is 0.493 e. The average molecular weight is 443 g/mol. The summed E-state index contributed by atoms with van der Waals surface area (Å²) in [5.41, 5.74) is 7.46. The van der Waals surface area contributed by atoms with Crippen molar-refractivity contribution in [3.63, 3.8) is 0 Å². The Labute approximate surface area is 189 Å². The summed E-state index contributed by atoms with van der Waals surface area (Å²) in [6.45, 7) is 4.01. The second kappa shape index (κ2) is 9.37. The maximum absolute atomic E-state index is 13.5. The summed E-state index contributed by atoms with van der Waals surface area (Å²) in [4.78, 5) is 31.2. The molecule has 0 spiro atoms. The van der Waals surface area contributed by atoms with Gasteiger partial charge in [-0.3, -0.25) is 14.5 Å². The van der Waals surface area contributed by atoms with Crippen LogP contribution in [-0.4, -0.2) is 79.2 Å². The van der Waals surface area contributed by atoms with Crippen molar-refractivity contribution in [2.45, 2.75) is 56.3 Å². The number of benzene rings is 1. The van der Waals surface area contributed by atoms with Crippen LogP contribution in [0.3, 0.4) is 0 Å². The molecule has 8 nitrogen and oxygen atoms in total. The van der Waals surface area contributed by atoms with Crippen molar-refractivity contribution in [1.82, 2.24) is 15.1 Å². The third-order valence-electron chi connectivity index (χ3n) is 7.61. The number of para-hydroxylation sites is 1. The average Bonchev–Trinajstić information content (AvgIpc) is 3.31. The Morgan fingerprint density at radius 3 is 2.72 bits per heavy atom. The Bertz CT molecular complexity index is 843. The Morgan fingerprint density at radius 1 is 1.06 bits per heavy atom. The minimum absolute atomic E-state index is 0.0871. The molecule has 4 heterocycles. The molecular formula is C24H34N4O4. The van der Waals surface area contributed by atoms with Crippen LogP contribution < -0.4 is 15.8 Å². The topological polar surface area (TPSA) is 97.1 Å². The molecule has 1 aromatic rings. The normalized spacial score (nSPS) is 29.5. The zero-order chi connectivity index (χ0) is 22.1. The lowest BCUT2D eigenvalue weighted by molar-refractivity contribution is -0.148. The molecule has 4 atom stereocenters. The van der Waals surface area contributed by atoms with Crippen molar-refractivity contribution in [1.29, 1.82) is 0 Å². The van der Waals surface area contributed by atoms with E-state index >= 15 is 0 Å². The van der Waals surface area contributed by atoms with E-state index in [1.54, 1.807) is 4.90 Å². The second-order valence-electron chi connectivity index (χ2n) is 9.51. The lowest BCUT2D eigenvalue weighted by Gasteiger charge is -2.45. The summed E-state index contributed by atoms with van der Waals surface area (Å²) >= 11 is 0. The number of nitrogens with one attached hydrogen (secondary N) is 1. The highest BCUT2D eigenvalue weighted by Gasteiger charge is 2.44. The molecule has 5 rings (SSSR count). The zero-order valence-corrected chi connectivity index (χ0v) is 18.6. The molecule has 32 heavy (non-hydrogen) atoms. The lowest BCUT2D eigenvalue weighted by Crippen LogP contribution is -2.65. The molecule has 174 valence electrons. The number of nitrogens with zero attached hydrogens (tertiary/aromatic N) is 2. The van der Waals surface area contributed by atoms with Crippen LogP contribution in [0.1, 0.15) is 43.7 Å². The van der Waals surface area contributed by atoms with Gasteiger partial charge in [0.2, 0.25) is 11.8 Å². The first kappa shape index (κ1) is 21.7. The molecule has 0 saturated carbocycles. The predicted molar refractivity (Wildman–Crippen MR) is 119 cm³/mol. The van der Waals surface area contributed by atoms with Crippen molar-refractivity contribution in [3.8, 4) is 5.75 Å². The summed E-state index contributed by atoms with van der Waals surface area (Å²) in [5, 5.41) is 3.23. The van der Waals surface area contributed by atoms with Gasteiger partial charge in [0.1, 0.15) is 11.8 Å². The molecule has 4 aliphatic heterocycles. The van der Waals surface area contributed by atoms with Gasteiger partial charge in [0.05, 0.1) is 18.7 Å². The summed E-state index contributed by atoms with van der Waals surface area (Å²) < 4.78 is 11.2. The van der Waals surface area contributed by atoms with Gasteiger partial charge >= 0.3 is 0 Å². The Hall–Kier alpha value is -2.16. The molecule has 3 saturated heterocycles. The van der Waals surface area contributed by atoms with E-state index in [0.29, 0.717) is 39.0 Å². The van der Waals surface area contributed by atoms with Gasteiger partial charge in [-0.1, -0.05) is 18.2 Å². The van der Waals surface area contributed by atoms with Gasteiger partial charge in [0.25, 0.3) is 0 Å². The smallest absolute Gasteiger partial charge is 0.244 e. The molecule has 3 fully saturated rings. The number of fused-ring (bicyclic) bond motifs is 2. The highest BCUT2D eigenvalue weighted by molar-refractivity contribution is 5.90. The Balaban J connectivity index is 1.33. The minimum atomic E-state index is -0.578. The zero-order valence-electron chi connectivity index (χ0n) is 18.6. The summed E-state index contributed by atoms with van der Waals surface area (Å²) in [5.74, 6) is 0.756. The van der Waals surface area contributed by atoms with Gasteiger partial charge < -0.3 is 25.4 Å². The molecule has 0 aromatic heterocycles. The van der Waals surface area contributed by atoms with Crippen molar-refractivity contribution in [2.75, 3.05) is 39.5 Å². The van der Waals surface area contributed by atoms with Crippen LogP contribution in [0.4, 0.5) is 0 Å². The van der Waals surface area contributed by atoms with E-state index in [-0.39, 0.29) is 23.8 Å². The molecule has 1 unspecified atom stereocenters. The maximum Gasteiger partial charge on any atom is 0.244 e. The van der Waals surface area contributed by atoms with Crippen molar-refractivity contribution in [3.05, 3.63) is 29.8 Å². The van der Waals surface area contributed by atoms with Crippen molar-refractivity contribution >= 4 is 11.8 Å². The van der Waals surface area contributed by atoms with Crippen LogP contribution in [0.25, 0.3) is 0 Å². The number of hydrogen-bond acceptors (Lipinski definition) is 6. The third-order valence-corrected chi connectivity index (χ3v) is 7.61. The fraction of sp³-hybridized carbons (Fsp3) is 0.667. The molecule has 1 aromatic carbocycles. The number of ether oxygens (including phenoxy) is 2. The fourth-order valence-corrected chi connectivity index (χ4v) is 5.71. The van der Waals surface area contributed by atoms with E-state index in [9.17, 15) is 9.59 Å². The number of carbonyl (C=O) groups is 2. The quantitative estimate of drug-likeness (QED) is 0.724. The van der Waals surface area contributed by atoms with Gasteiger partial charge in [-0.25, -0.2) is 0 Å². The monoisotopic (exact) mass is 442 g/mol. The van der Waals surface area contributed by atoms with Crippen LogP contribution in [0, 0.1) is 5.92 Å². The maximum atomic E-state index is 13.5. The van der Waals surface area contributed by atoms with Crippen molar-refractivity contribution < 1.29 is 19.1 Å². The van der Waals surface area contributed by atoms with E-state index in [1.807, 2.05) is 24.3 Å². The number of rotatable bonds is 4. The molecule has 2 amide bonds. The first-order chi connectivity index (χ1) is 15.6. The van der Waals surface area contributed by atoms with E-state index in [1.165, 1.54) is 0 Å². The highest BCUT2D eigenvalue weighted by atomic mass is 16.5. The standard InChI is InChI=1S/C24H34N4O4/c25-22(16-7-11-31-12-8-16)24(30)28-14-17-4-3-10-27(17)15-20(28)23(29)26-19-9-13-32-21-6-2-1-5-18(19)21/h1-2,5-6,16-17,19-20,22H,3-4,7-15,25H2,(H,26,29)/t17-,19-,20?,22+/m1/s1. The van der Waals surface area contributed by atoms with E-state index in [4.69, 9.17) is 15.2 Å². The van der Waals surface area contributed by atoms with Gasteiger partial charge in [0, 0.05) is 44.3 Å². The number of amides is 2.